The number of anilines is 1. The molecule has 0 saturated carbocycles. The summed E-state index contributed by atoms with van der Waals surface area (Å²) in [6, 6.07) is 1.68. The second kappa shape index (κ2) is 4.85. The first-order chi connectivity index (χ1) is 6.94. The first-order valence-electron chi connectivity index (χ1n) is 4.56. The monoisotopic (exact) mass is 251 g/mol. The molecule has 1 aromatic heterocycles. The fraction of sp³-hybridized carbons (Fsp3) is 0.625. The molecule has 0 fully saturated rings. The highest BCUT2D eigenvalue weighted by molar-refractivity contribution is 7.92. The lowest BCUT2D eigenvalue weighted by molar-refractivity contribution is 0.602. The van der Waals surface area contributed by atoms with Gasteiger partial charge in [-0.15, -0.1) is 11.6 Å². The van der Waals surface area contributed by atoms with E-state index >= 15 is 0 Å². The molecule has 7 heteroatoms. The zero-order valence-electron chi connectivity index (χ0n) is 8.62. The van der Waals surface area contributed by atoms with Crippen molar-refractivity contribution in [1.82, 2.24) is 10.2 Å². The van der Waals surface area contributed by atoms with E-state index in [9.17, 15) is 8.42 Å². The van der Waals surface area contributed by atoms with Crippen LogP contribution in [0.5, 0.6) is 0 Å². The van der Waals surface area contributed by atoms with E-state index < -0.39 is 10.0 Å². The number of nitrogens with zero attached hydrogens (tertiary/aromatic N) is 1. The Kier molecular flexibility index (Phi) is 3.98. The van der Waals surface area contributed by atoms with Gasteiger partial charge in [0.05, 0.1) is 5.75 Å². The van der Waals surface area contributed by atoms with Crippen molar-refractivity contribution in [2.24, 2.45) is 0 Å². The minimum absolute atomic E-state index is 0.0663. The van der Waals surface area contributed by atoms with Gasteiger partial charge in [0.25, 0.3) is 0 Å². The van der Waals surface area contributed by atoms with E-state index in [1.807, 2.05) is 13.8 Å². The molecule has 1 rings (SSSR count). The minimum Gasteiger partial charge on any atom is -0.280 e. The largest absolute Gasteiger partial charge is 0.280 e. The predicted octanol–water partition coefficient (Wildman–Crippen LogP) is 1.51. The van der Waals surface area contributed by atoms with E-state index in [-0.39, 0.29) is 17.6 Å². The van der Waals surface area contributed by atoms with Crippen LogP contribution in [-0.4, -0.2) is 30.2 Å². The molecule has 0 aromatic carbocycles. The fourth-order valence-corrected chi connectivity index (χ4v) is 2.33. The average Bonchev–Trinajstić information content (AvgIpc) is 2.51. The van der Waals surface area contributed by atoms with E-state index in [2.05, 4.69) is 14.9 Å². The number of aromatic amines is 1. The summed E-state index contributed by atoms with van der Waals surface area (Å²) in [5.41, 5.74) is 0.888. The average molecular weight is 252 g/mol. The van der Waals surface area contributed by atoms with Crippen molar-refractivity contribution in [3.05, 3.63) is 11.8 Å². The SMILES string of the molecule is CC(C)c1cc(NS(=O)(=O)CCCl)n[nH]1. The summed E-state index contributed by atoms with van der Waals surface area (Å²) in [4.78, 5) is 0. The van der Waals surface area contributed by atoms with Gasteiger partial charge in [-0.05, 0) is 5.92 Å². The molecule has 15 heavy (non-hydrogen) atoms. The zero-order valence-corrected chi connectivity index (χ0v) is 10.2. The Hall–Kier alpha value is -0.750. The topological polar surface area (TPSA) is 74.8 Å². The molecule has 0 bridgehead atoms. The molecule has 0 spiro atoms. The first kappa shape index (κ1) is 12.3. The molecule has 0 unspecified atom stereocenters. The third-order valence-corrected chi connectivity index (χ3v) is 3.50. The van der Waals surface area contributed by atoms with Crippen LogP contribution in [-0.2, 0) is 10.0 Å². The fourth-order valence-electron chi connectivity index (χ4n) is 0.997. The molecule has 2 N–H and O–H groups in total. The van der Waals surface area contributed by atoms with Crippen LogP contribution in [0.1, 0.15) is 25.5 Å². The van der Waals surface area contributed by atoms with Crippen LogP contribution < -0.4 is 4.72 Å². The Morgan fingerprint density at radius 2 is 2.27 bits per heavy atom. The molecule has 0 radical (unpaired) electrons. The van der Waals surface area contributed by atoms with Gasteiger partial charge in [-0.3, -0.25) is 9.82 Å². The van der Waals surface area contributed by atoms with Gasteiger partial charge in [-0.25, -0.2) is 8.42 Å². The van der Waals surface area contributed by atoms with Crippen molar-refractivity contribution >= 4 is 27.4 Å². The number of sulfonamides is 1. The van der Waals surface area contributed by atoms with E-state index in [4.69, 9.17) is 11.6 Å². The Morgan fingerprint density at radius 3 is 2.73 bits per heavy atom. The Bertz CT molecular complexity index is 413. The van der Waals surface area contributed by atoms with Crippen molar-refractivity contribution in [2.75, 3.05) is 16.4 Å². The van der Waals surface area contributed by atoms with E-state index in [0.29, 0.717) is 5.82 Å². The van der Waals surface area contributed by atoms with E-state index in [0.717, 1.165) is 5.69 Å². The molecule has 0 aliphatic heterocycles. The molecular formula is C8H14ClN3O2S. The van der Waals surface area contributed by atoms with Crippen LogP contribution in [0.4, 0.5) is 5.82 Å². The van der Waals surface area contributed by atoms with Crippen LogP contribution >= 0.6 is 11.6 Å². The van der Waals surface area contributed by atoms with Gasteiger partial charge in [-0.2, -0.15) is 5.10 Å². The minimum atomic E-state index is -3.36. The molecule has 0 amide bonds. The van der Waals surface area contributed by atoms with Crippen LogP contribution in [0.15, 0.2) is 6.07 Å². The van der Waals surface area contributed by atoms with Crippen molar-refractivity contribution in [3.8, 4) is 0 Å². The highest BCUT2D eigenvalue weighted by Gasteiger charge is 2.12. The summed E-state index contributed by atoms with van der Waals surface area (Å²) in [7, 11) is -3.36. The Balaban J connectivity index is 2.73. The summed E-state index contributed by atoms with van der Waals surface area (Å²) in [6.45, 7) is 3.98. The molecule has 1 aromatic rings. The van der Waals surface area contributed by atoms with Crippen molar-refractivity contribution in [3.63, 3.8) is 0 Å². The Morgan fingerprint density at radius 1 is 1.60 bits per heavy atom. The third kappa shape index (κ3) is 3.71. The lowest BCUT2D eigenvalue weighted by atomic mass is 10.1. The molecule has 0 aliphatic rings. The number of halogens is 1. The molecule has 1 heterocycles. The van der Waals surface area contributed by atoms with Gasteiger partial charge in [0.15, 0.2) is 5.82 Å². The number of aromatic nitrogens is 2. The van der Waals surface area contributed by atoms with Crippen molar-refractivity contribution in [1.29, 1.82) is 0 Å². The smallest absolute Gasteiger partial charge is 0.235 e. The molecule has 0 saturated heterocycles. The molecule has 5 nitrogen and oxygen atoms in total. The third-order valence-electron chi connectivity index (χ3n) is 1.83. The van der Waals surface area contributed by atoms with Crippen molar-refractivity contribution in [2.45, 2.75) is 19.8 Å². The Labute approximate surface area is 94.3 Å². The molecular weight excluding hydrogens is 238 g/mol. The number of hydrogen-bond acceptors (Lipinski definition) is 3. The second-order valence-corrected chi connectivity index (χ2v) is 5.69. The highest BCUT2D eigenvalue weighted by Crippen LogP contribution is 2.15. The van der Waals surface area contributed by atoms with Crippen LogP contribution in [0.3, 0.4) is 0 Å². The first-order valence-corrected chi connectivity index (χ1v) is 6.75. The predicted molar refractivity (Wildman–Crippen MR) is 60.8 cm³/mol. The van der Waals surface area contributed by atoms with Gasteiger partial charge in [0, 0.05) is 17.6 Å². The van der Waals surface area contributed by atoms with Crippen molar-refractivity contribution < 1.29 is 8.42 Å². The van der Waals surface area contributed by atoms with Gasteiger partial charge >= 0.3 is 0 Å². The van der Waals surface area contributed by atoms with Crippen LogP contribution in [0, 0.1) is 0 Å². The summed E-state index contributed by atoms with van der Waals surface area (Å²) >= 11 is 5.36. The summed E-state index contributed by atoms with van der Waals surface area (Å²) in [5, 5.41) is 6.61. The summed E-state index contributed by atoms with van der Waals surface area (Å²) in [6.07, 6.45) is 0. The summed E-state index contributed by atoms with van der Waals surface area (Å²) in [5.74, 6) is 0.544. The lowest BCUT2D eigenvalue weighted by Gasteiger charge is -2.01. The normalized spacial score (nSPS) is 12.0. The molecule has 86 valence electrons. The maximum Gasteiger partial charge on any atom is 0.235 e. The second-order valence-electron chi connectivity index (χ2n) is 3.47. The standard InChI is InChI=1S/C8H14ClN3O2S/c1-6(2)7-5-8(11-10-7)12-15(13,14)4-3-9/h5-6H,3-4H2,1-2H3,(H2,10,11,12). The quantitative estimate of drug-likeness (QED) is 0.779. The summed E-state index contributed by atoms with van der Waals surface area (Å²) < 4.78 is 25.0. The van der Waals surface area contributed by atoms with Gasteiger partial charge in [-0.1, -0.05) is 13.8 Å². The number of hydrogen-bond donors (Lipinski definition) is 2. The maximum absolute atomic E-state index is 11.3. The van der Waals surface area contributed by atoms with Gasteiger partial charge in [0.1, 0.15) is 0 Å². The van der Waals surface area contributed by atoms with E-state index in [1.165, 1.54) is 0 Å². The number of nitrogens with one attached hydrogen (secondary N) is 2. The maximum atomic E-state index is 11.3. The van der Waals surface area contributed by atoms with Gasteiger partial charge in [0.2, 0.25) is 10.0 Å². The highest BCUT2D eigenvalue weighted by atomic mass is 35.5. The van der Waals surface area contributed by atoms with E-state index in [1.54, 1.807) is 6.07 Å². The van der Waals surface area contributed by atoms with Crippen LogP contribution in [0.2, 0.25) is 0 Å². The van der Waals surface area contributed by atoms with Gasteiger partial charge < -0.3 is 0 Å². The lowest BCUT2D eigenvalue weighted by Crippen LogP contribution is -2.17. The molecule has 0 aliphatic carbocycles. The molecule has 0 atom stereocenters. The number of alkyl halides is 1. The number of rotatable bonds is 5. The zero-order chi connectivity index (χ0) is 11.5. The van der Waals surface area contributed by atoms with Crippen LogP contribution in [0.25, 0.3) is 0 Å². The number of H-pyrrole nitrogens is 1.